The minimum Gasteiger partial charge on any atom is -0.309 e. The molecule has 0 atom stereocenters. The number of benzene rings is 10. The lowest BCUT2D eigenvalue weighted by molar-refractivity contribution is 0.568. The predicted molar refractivity (Wildman–Crippen MR) is 359 cm³/mol. The molecule has 0 amide bonds. The molecular weight excluding hydrogens is 1030 g/mol. The van der Waals surface area contributed by atoms with E-state index in [0.717, 1.165) is 72.5 Å². The molecule has 10 aromatic carbocycles. The summed E-state index contributed by atoms with van der Waals surface area (Å²) in [7, 11) is 0. The molecule has 0 radical (unpaired) electrons. The molecule has 0 aliphatic rings. The van der Waals surface area contributed by atoms with E-state index in [9.17, 15) is 0 Å². The van der Waals surface area contributed by atoms with Gasteiger partial charge in [-0.1, -0.05) is 210 Å². The first-order valence-corrected chi connectivity index (χ1v) is 30.0. The van der Waals surface area contributed by atoms with Crippen LogP contribution in [0.5, 0.6) is 0 Å². The molecule has 6 nitrogen and oxygen atoms in total. The van der Waals surface area contributed by atoms with Gasteiger partial charge in [0, 0.05) is 60.3 Å². The zero-order valence-electron chi connectivity index (χ0n) is 51.0. The van der Waals surface area contributed by atoms with Crippen LogP contribution in [-0.4, -0.2) is 28.7 Å². The minimum atomic E-state index is -0.133. The van der Waals surface area contributed by atoms with Crippen molar-refractivity contribution >= 4 is 65.4 Å². The van der Waals surface area contributed by atoms with Crippen LogP contribution >= 0.6 is 0 Å². The highest BCUT2D eigenvalue weighted by Gasteiger charge is 2.28. The maximum Gasteiger partial charge on any atom is 0.166 e. The molecule has 6 heteroatoms. The fraction of sp³-hybridized carbons (Fsp3) is 0.203. The van der Waals surface area contributed by atoms with Gasteiger partial charge >= 0.3 is 0 Å². The van der Waals surface area contributed by atoms with E-state index in [4.69, 9.17) is 15.0 Å². The number of aromatic nitrogens is 6. The molecule has 0 N–H and O–H groups in total. The van der Waals surface area contributed by atoms with Crippen molar-refractivity contribution in [1.82, 2.24) is 28.7 Å². The molecule has 0 saturated carbocycles. The zero-order valence-corrected chi connectivity index (χ0v) is 51.0. The Morgan fingerprint density at radius 2 is 0.612 bits per heavy atom. The van der Waals surface area contributed by atoms with E-state index in [-0.39, 0.29) is 21.7 Å². The third-order valence-electron chi connectivity index (χ3n) is 17.5. The van der Waals surface area contributed by atoms with Crippen molar-refractivity contribution in [2.75, 3.05) is 0 Å². The Morgan fingerprint density at radius 1 is 0.247 bits per heavy atom. The largest absolute Gasteiger partial charge is 0.309 e. The van der Waals surface area contributed by atoms with Crippen LogP contribution in [0.1, 0.15) is 105 Å². The van der Waals surface area contributed by atoms with Crippen molar-refractivity contribution in [1.29, 1.82) is 0 Å². The Hall–Kier alpha value is -9.39. The summed E-state index contributed by atoms with van der Waals surface area (Å²) in [6.07, 6.45) is 0. The highest BCUT2D eigenvalue weighted by molar-refractivity contribution is 6.19. The molecule has 14 rings (SSSR count). The number of hydrogen-bond acceptors (Lipinski definition) is 3. The number of rotatable bonds is 7. The van der Waals surface area contributed by atoms with Crippen LogP contribution in [0.25, 0.3) is 128 Å². The van der Waals surface area contributed by atoms with Crippen molar-refractivity contribution in [2.45, 2.75) is 105 Å². The summed E-state index contributed by atoms with van der Waals surface area (Å²) >= 11 is 0. The van der Waals surface area contributed by atoms with Crippen molar-refractivity contribution in [2.24, 2.45) is 0 Å². The minimum absolute atomic E-state index is 0.133. The molecule has 0 aliphatic carbocycles. The molecule has 0 aliphatic heterocycles. The van der Waals surface area contributed by atoms with Crippen LogP contribution in [0, 0.1) is 0 Å². The quantitative estimate of drug-likeness (QED) is 0.160. The molecule has 0 spiro atoms. The third kappa shape index (κ3) is 9.21. The van der Waals surface area contributed by atoms with E-state index in [1.165, 1.54) is 60.1 Å². The van der Waals surface area contributed by atoms with E-state index in [2.05, 4.69) is 315 Å². The fourth-order valence-electron chi connectivity index (χ4n) is 12.7. The average molecular weight is 1110 g/mol. The monoisotopic (exact) mass is 1100 g/mol. The van der Waals surface area contributed by atoms with Crippen LogP contribution in [-0.2, 0) is 21.7 Å². The zero-order chi connectivity index (χ0) is 58.9. The van der Waals surface area contributed by atoms with Crippen LogP contribution < -0.4 is 0 Å². The van der Waals surface area contributed by atoms with Crippen molar-refractivity contribution in [3.63, 3.8) is 0 Å². The second-order valence-electron chi connectivity index (χ2n) is 27.5. The lowest BCUT2D eigenvalue weighted by atomic mass is 9.79. The maximum atomic E-state index is 5.74. The number of hydrogen-bond donors (Lipinski definition) is 0. The Labute approximate surface area is 499 Å². The number of nitrogens with zero attached hydrogens (tertiary/aromatic N) is 6. The Bertz CT molecular complexity index is 4770. The van der Waals surface area contributed by atoms with Gasteiger partial charge < -0.3 is 13.7 Å². The maximum absolute atomic E-state index is 5.74. The Morgan fingerprint density at radius 3 is 1.08 bits per heavy atom. The summed E-state index contributed by atoms with van der Waals surface area (Å²) in [5, 5.41) is 7.23. The molecule has 4 aromatic heterocycles. The van der Waals surface area contributed by atoms with E-state index in [1.54, 1.807) is 0 Å². The van der Waals surface area contributed by atoms with E-state index < -0.39 is 0 Å². The smallest absolute Gasteiger partial charge is 0.166 e. The lowest BCUT2D eigenvalue weighted by Crippen LogP contribution is -2.17. The highest BCUT2D eigenvalue weighted by atomic mass is 15.1. The first-order chi connectivity index (χ1) is 40.7. The summed E-state index contributed by atoms with van der Waals surface area (Å²) in [5.74, 6) is 1.87. The predicted octanol–water partition coefficient (Wildman–Crippen LogP) is 21.0. The van der Waals surface area contributed by atoms with Gasteiger partial charge in [0.05, 0.1) is 44.5 Å². The second-order valence-corrected chi connectivity index (χ2v) is 27.5. The molecule has 0 bridgehead atoms. The molecule has 418 valence electrons. The third-order valence-corrected chi connectivity index (χ3v) is 17.5. The van der Waals surface area contributed by atoms with Crippen LogP contribution in [0.15, 0.2) is 218 Å². The summed E-state index contributed by atoms with van der Waals surface area (Å²) < 4.78 is 7.32. The average Bonchev–Trinajstić information content (AvgIpc) is 1.69. The van der Waals surface area contributed by atoms with Gasteiger partial charge in [-0.25, -0.2) is 15.0 Å². The normalized spacial score (nSPS) is 12.7. The fourth-order valence-corrected chi connectivity index (χ4v) is 12.7. The van der Waals surface area contributed by atoms with Gasteiger partial charge in [-0.05, 0) is 140 Å². The van der Waals surface area contributed by atoms with Gasteiger partial charge in [-0.2, -0.15) is 0 Å². The Balaban J connectivity index is 1.08. The molecule has 85 heavy (non-hydrogen) atoms. The van der Waals surface area contributed by atoms with Crippen molar-refractivity contribution < 1.29 is 0 Å². The van der Waals surface area contributed by atoms with Gasteiger partial charge in [0.15, 0.2) is 17.5 Å². The van der Waals surface area contributed by atoms with Crippen LogP contribution in [0.2, 0.25) is 0 Å². The Kier molecular flexibility index (Phi) is 12.4. The standard InChI is InChI=1S/C79H72N6/c1-76(2,3)52-40-50(41-53(45-52)77(4,5)6)73-80-74(51-42-54(78(7,8)9)46-55(43-51)79(10,11)12)82-75(81-73)64-44-49(38-39-70(64)84-67-35-23-17-29-58(67)59-30-18-24-36-68(59)84)57-28-16-21-33-65(57)85-69-37-25-20-32-61(69)63-47-62-60-31-19-22-34-66(60)83(71(62)48-72(63)85)56-26-14-13-15-27-56/h13-48H,1-12H3. The van der Waals surface area contributed by atoms with Gasteiger partial charge in [-0.15, -0.1) is 0 Å². The summed E-state index contributed by atoms with van der Waals surface area (Å²) in [6.45, 7) is 27.5. The first-order valence-electron chi connectivity index (χ1n) is 30.0. The molecule has 0 fully saturated rings. The topological polar surface area (TPSA) is 53.5 Å². The summed E-state index contributed by atoms with van der Waals surface area (Å²) in [6, 6.07) is 80.6. The van der Waals surface area contributed by atoms with Gasteiger partial charge in [0.1, 0.15) is 0 Å². The van der Waals surface area contributed by atoms with Gasteiger partial charge in [-0.3, -0.25) is 0 Å². The van der Waals surface area contributed by atoms with E-state index in [0.29, 0.717) is 17.5 Å². The lowest BCUT2D eigenvalue weighted by Gasteiger charge is -2.26. The van der Waals surface area contributed by atoms with Gasteiger partial charge in [0.2, 0.25) is 0 Å². The molecular formula is C79H72N6. The summed E-state index contributed by atoms with van der Waals surface area (Å²) in [5.41, 5.74) is 19.4. The van der Waals surface area contributed by atoms with Crippen molar-refractivity contribution in [3.8, 4) is 62.4 Å². The summed E-state index contributed by atoms with van der Waals surface area (Å²) in [4.78, 5) is 17.1. The van der Waals surface area contributed by atoms with Crippen LogP contribution in [0.3, 0.4) is 0 Å². The SMILES string of the molecule is CC(C)(C)c1cc(-c2nc(-c3cc(C(C)(C)C)cc(C(C)(C)C)c3)nc(-c3cc(-c4ccccc4-n4c5ccccc5c5cc6c7ccccc7n(-c7ccccc7)c6cc54)ccc3-n3c4ccccc4c4ccccc43)n2)cc(C(C)(C)C)c1. The first kappa shape index (κ1) is 53.6. The van der Waals surface area contributed by atoms with Crippen LogP contribution in [0.4, 0.5) is 0 Å². The van der Waals surface area contributed by atoms with E-state index in [1.807, 2.05) is 0 Å². The molecule has 4 heterocycles. The molecule has 0 saturated heterocycles. The number of fused-ring (bicyclic) bond motifs is 9. The molecule has 0 unspecified atom stereocenters. The van der Waals surface area contributed by atoms with E-state index >= 15 is 0 Å². The van der Waals surface area contributed by atoms with Gasteiger partial charge in [0.25, 0.3) is 0 Å². The second kappa shape index (κ2) is 19.6. The highest BCUT2D eigenvalue weighted by Crippen LogP contribution is 2.45. The van der Waals surface area contributed by atoms with Crippen molar-refractivity contribution in [3.05, 3.63) is 241 Å². The molecule has 14 aromatic rings. The number of para-hydroxylation sites is 6.